The maximum atomic E-state index is 6.34. The van der Waals surface area contributed by atoms with Gasteiger partial charge in [0.2, 0.25) is 0 Å². The molecule has 4 rings (SSSR count). The van der Waals surface area contributed by atoms with Crippen LogP contribution >= 0.6 is 0 Å². The lowest BCUT2D eigenvalue weighted by atomic mass is 9.47. The van der Waals surface area contributed by atoms with E-state index in [1.54, 1.807) is 5.57 Å². The molecule has 6 atom stereocenters. The van der Waals surface area contributed by atoms with Crippen LogP contribution in [0.2, 0.25) is 0 Å². The molecule has 0 aromatic carbocycles. The van der Waals surface area contributed by atoms with Crippen LogP contribution in [-0.4, -0.2) is 6.10 Å². The predicted octanol–water partition coefficient (Wildman–Crippen LogP) is 8.40. The maximum absolute atomic E-state index is 6.34. The van der Waals surface area contributed by atoms with Crippen molar-refractivity contribution in [2.24, 2.45) is 28.6 Å². The molecule has 6 unspecified atom stereocenters. The summed E-state index contributed by atoms with van der Waals surface area (Å²) >= 11 is 0. The molecule has 162 valence electrons. The topological polar surface area (TPSA) is 9.23 Å². The predicted molar refractivity (Wildman–Crippen MR) is 126 cm³/mol. The molecule has 29 heavy (non-hydrogen) atoms. The van der Waals surface area contributed by atoms with Gasteiger partial charge in [0, 0.05) is 11.8 Å². The van der Waals surface area contributed by atoms with Gasteiger partial charge in [-0.15, -0.1) is 6.58 Å². The highest BCUT2D eigenvalue weighted by Gasteiger charge is 2.59. The van der Waals surface area contributed by atoms with Crippen LogP contribution < -0.4 is 0 Å². The lowest BCUT2D eigenvalue weighted by molar-refractivity contribution is -0.0811. The Bertz CT molecular complexity index is 670. The summed E-state index contributed by atoms with van der Waals surface area (Å²) in [5.74, 6) is 3.62. The summed E-state index contributed by atoms with van der Waals surface area (Å²) in [6.45, 7) is 21.2. The van der Waals surface area contributed by atoms with Gasteiger partial charge in [0.25, 0.3) is 0 Å². The third-order valence-corrected chi connectivity index (χ3v) is 8.98. The molecule has 0 radical (unpaired) electrons. The number of hydrogen-bond acceptors (Lipinski definition) is 1. The Labute approximate surface area is 180 Å². The van der Waals surface area contributed by atoms with E-state index in [0.717, 1.165) is 36.4 Å². The molecule has 3 fully saturated rings. The van der Waals surface area contributed by atoms with Crippen molar-refractivity contribution < 1.29 is 4.74 Å². The van der Waals surface area contributed by atoms with Gasteiger partial charge < -0.3 is 4.74 Å². The molecule has 4 aliphatic rings. The Kier molecular flexibility index (Phi) is 6.86. The Morgan fingerprint density at radius 3 is 2.48 bits per heavy atom. The van der Waals surface area contributed by atoms with Gasteiger partial charge >= 0.3 is 0 Å². The smallest absolute Gasteiger partial charge is 0.104 e. The van der Waals surface area contributed by atoms with Crippen molar-refractivity contribution >= 4 is 0 Å². The largest absolute Gasteiger partial charge is 0.495 e. The highest BCUT2D eigenvalue weighted by Crippen LogP contribution is 2.66. The number of hydrogen-bond donors (Lipinski definition) is 0. The van der Waals surface area contributed by atoms with Gasteiger partial charge in [-0.25, -0.2) is 0 Å². The van der Waals surface area contributed by atoms with Crippen molar-refractivity contribution in [2.45, 2.75) is 98.0 Å². The average Bonchev–Trinajstić information content (AvgIpc) is 3.05. The summed E-state index contributed by atoms with van der Waals surface area (Å²) in [7, 11) is 0. The molecule has 0 heterocycles. The molecule has 0 aromatic heterocycles. The van der Waals surface area contributed by atoms with Crippen LogP contribution in [0.15, 0.2) is 48.8 Å². The third kappa shape index (κ3) is 4.04. The van der Waals surface area contributed by atoms with E-state index in [1.807, 2.05) is 6.08 Å². The monoisotopic (exact) mass is 396 g/mol. The summed E-state index contributed by atoms with van der Waals surface area (Å²) in [5, 5.41) is 0. The molecule has 0 saturated heterocycles. The first kappa shape index (κ1) is 22.4. The minimum absolute atomic E-state index is 0.370. The lowest BCUT2D eigenvalue weighted by Crippen LogP contribution is -2.51. The van der Waals surface area contributed by atoms with Gasteiger partial charge in [0.1, 0.15) is 6.10 Å². The summed E-state index contributed by atoms with van der Waals surface area (Å²) in [4.78, 5) is 0. The van der Waals surface area contributed by atoms with Gasteiger partial charge in [-0.1, -0.05) is 64.2 Å². The Hall–Kier alpha value is -1.24. The molecule has 0 aliphatic heterocycles. The van der Waals surface area contributed by atoms with Crippen molar-refractivity contribution in [3.63, 3.8) is 0 Å². The third-order valence-electron chi connectivity index (χ3n) is 8.98. The number of allylic oxidation sites excluding steroid dienone is 5. The van der Waals surface area contributed by atoms with Gasteiger partial charge in [0.15, 0.2) is 0 Å². The summed E-state index contributed by atoms with van der Waals surface area (Å²) < 4.78 is 6.34. The average molecular weight is 397 g/mol. The first-order valence-corrected chi connectivity index (χ1v) is 12.1. The van der Waals surface area contributed by atoms with E-state index in [-0.39, 0.29) is 0 Å². The summed E-state index contributed by atoms with van der Waals surface area (Å²) in [6, 6.07) is 0. The molecule has 4 aliphatic carbocycles. The van der Waals surface area contributed by atoms with E-state index in [9.17, 15) is 0 Å². The second-order valence-electron chi connectivity index (χ2n) is 10.5. The van der Waals surface area contributed by atoms with Crippen molar-refractivity contribution in [3.05, 3.63) is 48.8 Å². The van der Waals surface area contributed by atoms with Crippen LogP contribution in [0, 0.1) is 28.6 Å². The fourth-order valence-corrected chi connectivity index (χ4v) is 7.08. The standard InChI is InChI=1S/C24H36O.C4H8/c1-6-17(3)25-22-10-9-20-19-8-7-18-15-16(2)11-13-23(18,4)21(19)12-14-24(20,22)5;1-3-4-2/h15,19-22H,2-3,6-14H2,1,4-5H3;3H,1,4H2,2H3. The van der Waals surface area contributed by atoms with Crippen LogP contribution in [0.1, 0.15) is 91.9 Å². The van der Waals surface area contributed by atoms with E-state index < -0.39 is 0 Å². The van der Waals surface area contributed by atoms with Crippen LogP contribution in [0.3, 0.4) is 0 Å². The van der Waals surface area contributed by atoms with E-state index in [1.165, 1.54) is 56.9 Å². The molecule has 1 nitrogen and oxygen atoms in total. The first-order chi connectivity index (χ1) is 13.8. The molecular formula is C28H44O. The van der Waals surface area contributed by atoms with Gasteiger partial charge in [0.05, 0.1) is 5.76 Å². The molecule has 0 aromatic rings. The van der Waals surface area contributed by atoms with E-state index in [4.69, 9.17) is 4.74 Å². The minimum Gasteiger partial charge on any atom is -0.495 e. The highest BCUT2D eigenvalue weighted by molar-refractivity contribution is 5.33. The lowest BCUT2D eigenvalue weighted by Gasteiger charge is -2.58. The second-order valence-corrected chi connectivity index (χ2v) is 10.5. The van der Waals surface area contributed by atoms with Crippen molar-refractivity contribution in [1.82, 2.24) is 0 Å². The number of ether oxygens (including phenoxy) is 1. The fourth-order valence-electron chi connectivity index (χ4n) is 7.08. The van der Waals surface area contributed by atoms with Gasteiger partial charge in [-0.2, -0.15) is 0 Å². The summed E-state index contributed by atoms with van der Waals surface area (Å²) in [6.07, 6.45) is 17.3. The molecule has 0 bridgehead atoms. The highest BCUT2D eigenvalue weighted by atomic mass is 16.5. The SMILES string of the molecule is C=C1C=C2CCC3C(CCC4(C)C(OC(=C)CC)CCC34)C2(C)CC1.C=CCC. The van der Waals surface area contributed by atoms with Crippen LogP contribution in [0.25, 0.3) is 0 Å². The molecule has 3 saturated carbocycles. The quantitative estimate of drug-likeness (QED) is 0.342. The fraction of sp³-hybridized carbons (Fsp3) is 0.714. The Balaban J connectivity index is 0.000000552. The minimum atomic E-state index is 0.370. The zero-order chi connectivity index (χ0) is 21.2. The van der Waals surface area contributed by atoms with E-state index in [2.05, 4.69) is 53.5 Å². The number of fused-ring (bicyclic) bond motifs is 5. The van der Waals surface area contributed by atoms with E-state index in [0.29, 0.717) is 16.9 Å². The molecule has 0 spiro atoms. The summed E-state index contributed by atoms with van der Waals surface area (Å²) in [5.41, 5.74) is 3.89. The van der Waals surface area contributed by atoms with Crippen molar-refractivity contribution in [1.29, 1.82) is 0 Å². The maximum Gasteiger partial charge on any atom is 0.104 e. The zero-order valence-corrected chi connectivity index (χ0v) is 19.6. The molecule has 1 heteroatoms. The van der Waals surface area contributed by atoms with Crippen molar-refractivity contribution in [2.75, 3.05) is 0 Å². The van der Waals surface area contributed by atoms with Crippen LogP contribution in [0.4, 0.5) is 0 Å². The zero-order valence-electron chi connectivity index (χ0n) is 19.6. The number of rotatable bonds is 4. The molecular weight excluding hydrogens is 352 g/mol. The second kappa shape index (κ2) is 8.86. The van der Waals surface area contributed by atoms with Crippen LogP contribution in [-0.2, 0) is 4.74 Å². The van der Waals surface area contributed by atoms with Crippen molar-refractivity contribution in [3.8, 4) is 0 Å². The van der Waals surface area contributed by atoms with Gasteiger partial charge in [-0.05, 0) is 81.0 Å². The first-order valence-electron chi connectivity index (χ1n) is 12.1. The Morgan fingerprint density at radius 1 is 1.10 bits per heavy atom. The van der Waals surface area contributed by atoms with Gasteiger partial charge in [-0.3, -0.25) is 0 Å². The molecule has 0 amide bonds. The molecule has 0 N–H and O–H groups in total. The van der Waals surface area contributed by atoms with E-state index >= 15 is 0 Å². The van der Waals surface area contributed by atoms with Crippen LogP contribution in [0.5, 0.6) is 0 Å². The normalized spacial score (nSPS) is 40.4. The Morgan fingerprint density at radius 2 is 1.83 bits per heavy atom.